The van der Waals surface area contributed by atoms with Crippen molar-refractivity contribution in [1.82, 2.24) is 5.32 Å². The van der Waals surface area contributed by atoms with E-state index in [9.17, 15) is 0 Å². The van der Waals surface area contributed by atoms with E-state index in [-0.39, 0.29) is 0 Å². The Bertz CT molecular complexity index is 119. The van der Waals surface area contributed by atoms with Crippen molar-refractivity contribution in [3.05, 3.63) is 0 Å². The molecule has 0 bridgehead atoms. The summed E-state index contributed by atoms with van der Waals surface area (Å²) >= 11 is 0. The Morgan fingerprint density at radius 1 is 1.00 bits per heavy atom. The summed E-state index contributed by atoms with van der Waals surface area (Å²) in [6.45, 7) is 12.8. The van der Waals surface area contributed by atoms with Crippen molar-refractivity contribution in [1.29, 1.82) is 0 Å². The van der Waals surface area contributed by atoms with Crippen molar-refractivity contribution in [2.75, 3.05) is 13.6 Å². The zero-order chi connectivity index (χ0) is 9.83. The molecule has 0 radical (unpaired) electrons. The lowest BCUT2D eigenvalue weighted by Crippen LogP contribution is -2.24. The molecule has 0 saturated carbocycles. The molecule has 0 heterocycles. The second kappa shape index (κ2) is 4.27. The molecule has 1 N–H and O–H groups in total. The lowest BCUT2D eigenvalue weighted by molar-refractivity contribution is 0.199. The van der Waals surface area contributed by atoms with Crippen LogP contribution in [0.5, 0.6) is 0 Å². The maximum absolute atomic E-state index is 3.21. The summed E-state index contributed by atoms with van der Waals surface area (Å²) in [5, 5.41) is 3.21. The number of rotatable bonds is 4. The van der Waals surface area contributed by atoms with Crippen LogP contribution in [0.15, 0.2) is 0 Å². The Labute approximate surface area is 77.9 Å². The molecule has 0 aromatic heterocycles. The molecule has 0 spiro atoms. The zero-order valence-corrected chi connectivity index (χ0v) is 9.62. The van der Waals surface area contributed by atoms with Gasteiger partial charge < -0.3 is 5.32 Å². The van der Waals surface area contributed by atoms with Crippen molar-refractivity contribution < 1.29 is 0 Å². The fourth-order valence-corrected chi connectivity index (χ4v) is 1.99. The van der Waals surface area contributed by atoms with E-state index >= 15 is 0 Å². The first kappa shape index (κ1) is 12.0. The van der Waals surface area contributed by atoms with Gasteiger partial charge in [-0.2, -0.15) is 0 Å². The fraction of sp³-hybridized carbons (Fsp3) is 1.00. The SMILES string of the molecule is CNCCC(C)(C)CC(C)(C)C. The van der Waals surface area contributed by atoms with Gasteiger partial charge in [-0.1, -0.05) is 34.6 Å². The van der Waals surface area contributed by atoms with Gasteiger partial charge in [0, 0.05) is 0 Å². The highest BCUT2D eigenvalue weighted by Crippen LogP contribution is 2.35. The van der Waals surface area contributed by atoms with Gasteiger partial charge >= 0.3 is 0 Å². The number of hydrogen-bond donors (Lipinski definition) is 1. The summed E-state index contributed by atoms with van der Waals surface area (Å²) in [6.07, 6.45) is 2.56. The molecule has 0 aliphatic carbocycles. The molecule has 0 fully saturated rings. The largest absolute Gasteiger partial charge is 0.320 e. The third kappa shape index (κ3) is 6.66. The van der Waals surface area contributed by atoms with Gasteiger partial charge in [0.15, 0.2) is 0 Å². The minimum absolute atomic E-state index is 0.456. The molecule has 0 aliphatic heterocycles. The molecule has 0 aliphatic rings. The fourth-order valence-electron chi connectivity index (χ4n) is 1.99. The standard InChI is InChI=1S/C11H25N/c1-10(2,3)9-11(4,5)7-8-12-6/h12H,7-9H2,1-6H3. The molecule has 0 saturated heterocycles. The summed E-state index contributed by atoms with van der Waals surface area (Å²) in [5.41, 5.74) is 0.929. The quantitative estimate of drug-likeness (QED) is 0.685. The molecule has 74 valence electrons. The molecule has 0 amide bonds. The van der Waals surface area contributed by atoms with Crippen LogP contribution >= 0.6 is 0 Å². The highest BCUT2D eigenvalue weighted by molar-refractivity contribution is 4.76. The molecule has 0 unspecified atom stereocenters. The van der Waals surface area contributed by atoms with Gasteiger partial charge in [0.2, 0.25) is 0 Å². The molecule has 0 aromatic rings. The van der Waals surface area contributed by atoms with Crippen LogP contribution in [0.3, 0.4) is 0 Å². The van der Waals surface area contributed by atoms with Crippen LogP contribution in [0.4, 0.5) is 0 Å². The predicted octanol–water partition coefficient (Wildman–Crippen LogP) is 3.06. The first-order chi connectivity index (χ1) is 5.27. The summed E-state index contributed by atoms with van der Waals surface area (Å²) in [5.74, 6) is 0. The van der Waals surface area contributed by atoms with Crippen molar-refractivity contribution in [2.45, 2.75) is 47.5 Å². The van der Waals surface area contributed by atoms with Gasteiger partial charge in [0.05, 0.1) is 0 Å². The van der Waals surface area contributed by atoms with Gasteiger partial charge in [-0.25, -0.2) is 0 Å². The van der Waals surface area contributed by atoms with Crippen LogP contribution in [0.25, 0.3) is 0 Å². The Hall–Kier alpha value is -0.0400. The Morgan fingerprint density at radius 2 is 1.50 bits per heavy atom. The highest BCUT2D eigenvalue weighted by atomic mass is 14.8. The average molecular weight is 171 g/mol. The third-order valence-corrected chi connectivity index (χ3v) is 2.06. The molecule has 1 heteroatoms. The van der Waals surface area contributed by atoms with Crippen molar-refractivity contribution in [3.8, 4) is 0 Å². The second-order valence-corrected chi connectivity index (χ2v) is 5.76. The molecule has 0 aromatic carbocycles. The molecule has 0 rings (SSSR count). The van der Waals surface area contributed by atoms with E-state index in [1.165, 1.54) is 12.8 Å². The molecule has 1 nitrogen and oxygen atoms in total. The Balaban J connectivity index is 3.86. The Morgan fingerprint density at radius 3 is 1.83 bits per heavy atom. The smallest absolute Gasteiger partial charge is 0.00468 e. The van der Waals surface area contributed by atoms with Crippen molar-refractivity contribution >= 4 is 0 Å². The van der Waals surface area contributed by atoms with E-state index in [4.69, 9.17) is 0 Å². The zero-order valence-electron chi connectivity index (χ0n) is 9.62. The Kier molecular flexibility index (Phi) is 4.25. The van der Waals surface area contributed by atoms with Crippen LogP contribution in [0.1, 0.15) is 47.5 Å². The van der Waals surface area contributed by atoms with Crippen LogP contribution in [0, 0.1) is 10.8 Å². The highest BCUT2D eigenvalue weighted by Gasteiger charge is 2.24. The molecular formula is C11H25N. The summed E-state index contributed by atoms with van der Waals surface area (Å²) in [7, 11) is 2.02. The maximum atomic E-state index is 3.21. The van der Waals surface area contributed by atoms with E-state index in [1.54, 1.807) is 0 Å². The minimum Gasteiger partial charge on any atom is -0.320 e. The molecular weight excluding hydrogens is 146 g/mol. The third-order valence-electron chi connectivity index (χ3n) is 2.06. The molecule has 0 atom stereocenters. The van der Waals surface area contributed by atoms with Crippen LogP contribution in [-0.4, -0.2) is 13.6 Å². The van der Waals surface area contributed by atoms with Gasteiger partial charge in [-0.15, -0.1) is 0 Å². The predicted molar refractivity (Wildman–Crippen MR) is 56.4 cm³/mol. The normalized spacial score (nSPS) is 13.5. The first-order valence-corrected chi connectivity index (χ1v) is 4.91. The lowest BCUT2D eigenvalue weighted by atomic mass is 9.74. The summed E-state index contributed by atoms with van der Waals surface area (Å²) in [4.78, 5) is 0. The lowest BCUT2D eigenvalue weighted by Gasteiger charge is -2.32. The van der Waals surface area contributed by atoms with Gasteiger partial charge in [0.1, 0.15) is 0 Å². The summed E-state index contributed by atoms with van der Waals surface area (Å²) in [6, 6.07) is 0. The monoisotopic (exact) mass is 171 g/mol. The second-order valence-electron chi connectivity index (χ2n) is 5.76. The van der Waals surface area contributed by atoms with Crippen LogP contribution < -0.4 is 5.32 Å². The van der Waals surface area contributed by atoms with Crippen molar-refractivity contribution in [3.63, 3.8) is 0 Å². The van der Waals surface area contributed by atoms with Gasteiger partial charge in [-0.05, 0) is 37.3 Å². The average Bonchev–Trinajstić information content (AvgIpc) is 1.78. The van der Waals surface area contributed by atoms with Gasteiger partial charge in [-0.3, -0.25) is 0 Å². The maximum Gasteiger partial charge on any atom is -0.00468 e. The van der Waals surface area contributed by atoms with Crippen LogP contribution in [0.2, 0.25) is 0 Å². The van der Waals surface area contributed by atoms with E-state index in [2.05, 4.69) is 39.9 Å². The van der Waals surface area contributed by atoms with E-state index in [0.29, 0.717) is 10.8 Å². The van der Waals surface area contributed by atoms with Gasteiger partial charge in [0.25, 0.3) is 0 Å². The van der Waals surface area contributed by atoms with E-state index < -0.39 is 0 Å². The van der Waals surface area contributed by atoms with E-state index in [1.807, 2.05) is 7.05 Å². The minimum atomic E-state index is 0.456. The van der Waals surface area contributed by atoms with E-state index in [0.717, 1.165) is 6.54 Å². The number of hydrogen-bond acceptors (Lipinski definition) is 1. The first-order valence-electron chi connectivity index (χ1n) is 4.91. The summed E-state index contributed by atoms with van der Waals surface area (Å²) < 4.78 is 0. The van der Waals surface area contributed by atoms with Crippen molar-refractivity contribution in [2.24, 2.45) is 10.8 Å². The number of nitrogens with one attached hydrogen (secondary N) is 1. The molecule has 12 heavy (non-hydrogen) atoms. The topological polar surface area (TPSA) is 12.0 Å². The van der Waals surface area contributed by atoms with Crippen LogP contribution in [-0.2, 0) is 0 Å².